The molecule has 1 saturated carbocycles. The van der Waals surface area contributed by atoms with Crippen molar-refractivity contribution in [3.05, 3.63) is 64.9 Å². The molecule has 312 valence electrons. The lowest BCUT2D eigenvalue weighted by molar-refractivity contribution is -0.144. The second-order valence-electron chi connectivity index (χ2n) is 16.1. The molecule has 2 aromatic carbocycles. The van der Waals surface area contributed by atoms with Crippen LogP contribution < -0.4 is 40.4 Å². The van der Waals surface area contributed by atoms with Crippen molar-refractivity contribution in [1.82, 2.24) is 31.4 Å². The van der Waals surface area contributed by atoms with Gasteiger partial charge >= 0.3 is 6.09 Å². The van der Waals surface area contributed by atoms with Crippen LogP contribution in [-0.2, 0) is 19.1 Å². The van der Waals surface area contributed by atoms with E-state index in [1.54, 1.807) is 77.4 Å². The molecule has 2 aliphatic heterocycles. The molecule has 4 N–H and O–H groups in total. The average molecular weight is 829 g/mol. The number of thiophene rings is 1. The van der Waals surface area contributed by atoms with Crippen LogP contribution in [0.15, 0.2) is 60.0 Å². The Morgan fingerprint density at radius 1 is 0.983 bits per heavy atom. The van der Waals surface area contributed by atoms with E-state index in [4.69, 9.17) is 28.7 Å². The third-order valence-corrected chi connectivity index (χ3v) is 11.3. The van der Waals surface area contributed by atoms with Gasteiger partial charge in [0.1, 0.15) is 40.8 Å². The lowest BCUT2D eigenvalue weighted by Gasteiger charge is -2.42. The number of rotatable bonds is 11. The molecule has 0 unspecified atom stereocenters. The number of aromatic nitrogens is 1. The molecule has 0 spiro atoms. The Balaban J connectivity index is 1.18. The maximum atomic E-state index is 14.5. The van der Waals surface area contributed by atoms with Crippen LogP contribution in [-0.4, -0.2) is 89.4 Å². The van der Waals surface area contributed by atoms with Crippen LogP contribution in [0.3, 0.4) is 0 Å². The summed E-state index contributed by atoms with van der Waals surface area (Å²) in [6.07, 6.45) is -0.124. The standard InChI is InChI=1S/C42H48N6O10S/c1-23(2)35(44-40(53)58-41(3,4)5)38(51)48-21-26(19-30(48)36(49)45-42(14-8-15-42)39(52)47-46-37(50)34-9-7-16-59-34)57-32-20-28(24-10-13-31-33(17-24)56-22-55-31)43-29-18-25(54-6)11-12-27(29)32/h7,9-13,16-18,20,23,26,30,35H,8,14-15,19,21-22H2,1-6H3,(H,44,53)(H,45,49)(H,46,50)(H,47,52)/t26-,30+,35+/m1/s1. The van der Waals surface area contributed by atoms with Crippen molar-refractivity contribution in [2.45, 2.75) is 89.6 Å². The monoisotopic (exact) mass is 828 g/mol. The predicted octanol–water partition coefficient (Wildman–Crippen LogP) is 5.10. The number of hydrogen-bond donors (Lipinski definition) is 4. The summed E-state index contributed by atoms with van der Waals surface area (Å²) in [5, 5.41) is 8.05. The first-order valence-electron chi connectivity index (χ1n) is 19.4. The number of fused-ring (bicyclic) bond motifs is 2. The van der Waals surface area contributed by atoms with Crippen LogP contribution >= 0.6 is 11.3 Å². The Morgan fingerprint density at radius 3 is 2.44 bits per heavy atom. The molecule has 3 atom stereocenters. The normalized spacial score (nSPS) is 18.4. The van der Waals surface area contributed by atoms with E-state index in [0.29, 0.717) is 63.7 Å². The number of methoxy groups -OCH3 is 1. The van der Waals surface area contributed by atoms with Gasteiger partial charge in [-0.05, 0) is 87.7 Å². The second-order valence-corrected chi connectivity index (χ2v) is 17.1. The van der Waals surface area contributed by atoms with Gasteiger partial charge in [-0.2, -0.15) is 0 Å². The van der Waals surface area contributed by atoms with Gasteiger partial charge in [0.25, 0.3) is 11.8 Å². The highest BCUT2D eigenvalue weighted by Gasteiger charge is 2.50. The van der Waals surface area contributed by atoms with Gasteiger partial charge in [0, 0.05) is 29.5 Å². The quantitative estimate of drug-likeness (QED) is 0.147. The number of nitrogens with zero attached hydrogens (tertiary/aromatic N) is 2. The Bertz CT molecular complexity index is 2250. The van der Waals surface area contributed by atoms with Crippen LogP contribution in [0.1, 0.15) is 70.0 Å². The van der Waals surface area contributed by atoms with Crippen molar-refractivity contribution in [2.24, 2.45) is 5.92 Å². The van der Waals surface area contributed by atoms with Crippen LogP contribution in [0, 0.1) is 5.92 Å². The van der Waals surface area contributed by atoms with E-state index in [-0.39, 0.29) is 19.8 Å². The lowest BCUT2D eigenvalue weighted by Crippen LogP contribution is -2.67. The fraction of sp³-hybridized carbons (Fsp3) is 0.429. The molecule has 5 amide bonds. The van der Waals surface area contributed by atoms with Crippen LogP contribution in [0.2, 0.25) is 0 Å². The molecule has 1 saturated heterocycles. The Hall–Kier alpha value is -6.10. The summed E-state index contributed by atoms with van der Waals surface area (Å²) < 4.78 is 28.8. The molecule has 4 aromatic rings. The number of hydrogen-bond acceptors (Lipinski definition) is 12. The molecule has 0 bridgehead atoms. The first-order chi connectivity index (χ1) is 28.1. The SMILES string of the molecule is COc1ccc2c(O[C@@H]3C[C@@H](C(=O)NC4(C(=O)NNC(=O)c5cccs5)CCC4)N(C(=O)[C@@H](NC(=O)OC(C)(C)C)C(C)C)C3)cc(-c3ccc4c(c3)OCO4)nc2c1. The van der Waals surface area contributed by atoms with Crippen molar-refractivity contribution in [1.29, 1.82) is 0 Å². The topological polar surface area (TPSA) is 196 Å². The summed E-state index contributed by atoms with van der Waals surface area (Å²) >= 11 is 1.22. The predicted molar refractivity (Wildman–Crippen MR) is 217 cm³/mol. The van der Waals surface area contributed by atoms with E-state index in [1.165, 1.54) is 16.2 Å². The van der Waals surface area contributed by atoms with Gasteiger partial charge in [-0.3, -0.25) is 30.0 Å². The number of amides is 5. The third kappa shape index (κ3) is 8.99. The number of hydrazine groups is 1. The summed E-state index contributed by atoms with van der Waals surface area (Å²) in [5.41, 5.74) is 4.67. The highest BCUT2D eigenvalue weighted by atomic mass is 32.1. The lowest BCUT2D eigenvalue weighted by atomic mass is 9.75. The number of benzene rings is 2. The molecule has 4 heterocycles. The zero-order valence-electron chi connectivity index (χ0n) is 33.7. The van der Waals surface area contributed by atoms with E-state index < -0.39 is 65.0 Å². The zero-order valence-corrected chi connectivity index (χ0v) is 34.5. The van der Waals surface area contributed by atoms with Gasteiger partial charge in [0.15, 0.2) is 11.5 Å². The zero-order chi connectivity index (χ0) is 42.1. The summed E-state index contributed by atoms with van der Waals surface area (Å²) in [6, 6.07) is 13.9. The third-order valence-electron chi connectivity index (χ3n) is 10.4. The summed E-state index contributed by atoms with van der Waals surface area (Å²) in [4.78, 5) is 74.8. The van der Waals surface area contributed by atoms with Crippen molar-refractivity contribution >= 4 is 52.0 Å². The molecule has 59 heavy (non-hydrogen) atoms. The van der Waals surface area contributed by atoms with E-state index in [0.717, 1.165) is 5.56 Å². The molecule has 17 heteroatoms. The summed E-state index contributed by atoms with van der Waals surface area (Å²) in [7, 11) is 1.57. The van der Waals surface area contributed by atoms with Gasteiger partial charge in [-0.1, -0.05) is 19.9 Å². The second kappa shape index (κ2) is 16.6. The van der Waals surface area contributed by atoms with E-state index in [1.807, 2.05) is 24.3 Å². The highest BCUT2D eigenvalue weighted by Crippen LogP contribution is 2.39. The number of pyridine rings is 1. The van der Waals surface area contributed by atoms with E-state index in [2.05, 4.69) is 21.5 Å². The summed E-state index contributed by atoms with van der Waals surface area (Å²) in [6.45, 7) is 8.82. The van der Waals surface area contributed by atoms with Crippen molar-refractivity contribution < 1.29 is 47.7 Å². The van der Waals surface area contributed by atoms with Gasteiger partial charge in [0.05, 0.1) is 29.7 Å². The first-order valence-corrected chi connectivity index (χ1v) is 20.3. The van der Waals surface area contributed by atoms with E-state index >= 15 is 0 Å². The number of alkyl carbamates (subject to hydrolysis) is 1. The van der Waals surface area contributed by atoms with E-state index in [9.17, 15) is 24.0 Å². The number of ether oxygens (including phenoxy) is 5. The number of carbonyl (C=O) groups excluding carboxylic acids is 5. The average Bonchev–Trinajstić information content (AvgIpc) is 3.97. The molecule has 2 fully saturated rings. The van der Waals surface area contributed by atoms with Crippen molar-refractivity contribution in [3.63, 3.8) is 0 Å². The van der Waals surface area contributed by atoms with Crippen LogP contribution in [0.5, 0.6) is 23.0 Å². The Morgan fingerprint density at radius 2 is 1.76 bits per heavy atom. The molecule has 16 nitrogen and oxygen atoms in total. The largest absolute Gasteiger partial charge is 0.497 e. The maximum absolute atomic E-state index is 14.5. The van der Waals surface area contributed by atoms with Gasteiger partial charge in [-0.15, -0.1) is 11.3 Å². The molecule has 1 aliphatic carbocycles. The van der Waals surface area contributed by atoms with Crippen LogP contribution in [0.25, 0.3) is 22.2 Å². The molecule has 2 aromatic heterocycles. The molecular formula is C42H48N6O10S. The Kier molecular flexibility index (Phi) is 11.6. The highest BCUT2D eigenvalue weighted by molar-refractivity contribution is 7.12. The first kappa shape index (κ1) is 41.1. The number of nitrogens with one attached hydrogen (secondary N) is 4. The maximum Gasteiger partial charge on any atom is 0.408 e. The fourth-order valence-corrected chi connectivity index (χ4v) is 7.87. The minimum absolute atomic E-state index is 0.0223. The molecule has 7 rings (SSSR count). The minimum Gasteiger partial charge on any atom is -0.497 e. The van der Waals surface area contributed by atoms with Crippen molar-refractivity contribution in [3.8, 4) is 34.3 Å². The van der Waals surface area contributed by atoms with Gasteiger partial charge in [0.2, 0.25) is 18.6 Å². The van der Waals surface area contributed by atoms with Crippen molar-refractivity contribution in [2.75, 3.05) is 20.4 Å². The number of likely N-dealkylation sites (tertiary alicyclic amines) is 1. The fourth-order valence-electron chi connectivity index (χ4n) is 7.25. The Labute approximate surface area is 345 Å². The molecular weight excluding hydrogens is 781 g/mol. The van der Waals surface area contributed by atoms with Gasteiger partial charge < -0.3 is 39.2 Å². The summed E-state index contributed by atoms with van der Waals surface area (Å²) in [5.74, 6) is -0.297. The minimum atomic E-state index is -1.32. The van der Waals surface area contributed by atoms with Gasteiger partial charge in [-0.25, -0.2) is 9.78 Å². The smallest absolute Gasteiger partial charge is 0.408 e. The molecule has 3 aliphatic rings. The number of carbonyl (C=O) groups is 5. The van der Waals surface area contributed by atoms with Crippen LogP contribution in [0.4, 0.5) is 4.79 Å². The molecule has 0 radical (unpaired) electrons.